The zero-order valence-electron chi connectivity index (χ0n) is 26.4. The van der Waals surface area contributed by atoms with Crippen molar-refractivity contribution >= 4 is 17.5 Å². The van der Waals surface area contributed by atoms with Crippen molar-refractivity contribution in [1.82, 2.24) is 10.2 Å². The van der Waals surface area contributed by atoms with Crippen LogP contribution in [0.1, 0.15) is 43.1 Å². The monoisotopic (exact) mass is 603 g/mol. The zero-order chi connectivity index (χ0) is 31.5. The van der Waals surface area contributed by atoms with E-state index in [0.29, 0.717) is 43.4 Å². The van der Waals surface area contributed by atoms with Crippen molar-refractivity contribution in [3.05, 3.63) is 77.9 Å². The molecule has 1 aliphatic heterocycles. The van der Waals surface area contributed by atoms with Gasteiger partial charge in [0.2, 0.25) is 5.91 Å². The standard InChI is InChI=1S/C35H45N3O6/c1-24(2)38(35(40)29-13-14-32(42-5)33(19-29)43-16-8-15-41-4)22-30-20-36-21-34(30)44-23-26-9-6-10-27(17-26)28-11-7-12-31(18-28)37-25(3)39/h6-7,9-14,17-19,24,30,34,36H,8,15-16,20-23H2,1-5H3,(H,37,39)/t30-,34+/m0/s1. The maximum absolute atomic E-state index is 13.8. The summed E-state index contributed by atoms with van der Waals surface area (Å²) >= 11 is 0. The van der Waals surface area contributed by atoms with Gasteiger partial charge in [-0.05, 0) is 66.9 Å². The van der Waals surface area contributed by atoms with Crippen LogP contribution in [0.2, 0.25) is 0 Å². The van der Waals surface area contributed by atoms with Gasteiger partial charge in [0.1, 0.15) is 0 Å². The Bertz CT molecular complexity index is 1390. The van der Waals surface area contributed by atoms with E-state index in [0.717, 1.165) is 41.9 Å². The molecule has 3 aromatic rings. The van der Waals surface area contributed by atoms with Crippen LogP contribution in [-0.4, -0.2) is 75.9 Å². The highest BCUT2D eigenvalue weighted by atomic mass is 16.5. The molecule has 1 fully saturated rings. The van der Waals surface area contributed by atoms with E-state index in [1.807, 2.05) is 49.1 Å². The average molecular weight is 604 g/mol. The number of benzene rings is 3. The highest BCUT2D eigenvalue weighted by molar-refractivity contribution is 5.95. The minimum atomic E-state index is -0.0988. The number of rotatable bonds is 15. The molecule has 44 heavy (non-hydrogen) atoms. The van der Waals surface area contributed by atoms with Crippen LogP contribution in [0.15, 0.2) is 66.7 Å². The Balaban J connectivity index is 1.41. The molecule has 0 bridgehead atoms. The number of anilines is 1. The van der Waals surface area contributed by atoms with Crippen molar-refractivity contribution < 1.29 is 28.5 Å². The summed E-state index contributed by atoms with van der Waals surface area (Å²) in [4.78, 5) is 27.2. The number of ether oxygens (including phenoxy) is 4. The first kappa shape index (κ1) is 33.0. The third-order valence-electron chi connectivity index (χ3n) is 7.66. The molecule has 236 valence electrons. The first-order valence-electron chi connectivity index (χ1n) is 15.2. The molecule has 1 aliphatic rings. The lowest BCUT2D eigenvalue weighted by molar-refractivity contribution is -0.114. The molecule has 2 N–H and O–H groups in total. The summed E-state index contributed by atoms with van der Waals surface area (Å²) in [7, 11) is 3.25. The number of nitrogens with one attached hydrogen (secondary N) is 2. The Morgan fingerprint density at radius 2 is 1.73 bits per heavy atom. The number of methoxy groups -OCH3 is 2. The highest BCUT2D eigenvalue weighted by Crippen LogP contribution is 2.30. The third-order valence-corrected chi connectivity index (χ3v) is 7.66. The smallest absolute Gasteiger partial charge is 0.254 e. The van der Waals surface area contributed by atoms with Crippen LogP contribution in [0.4, 0.5) is 5.69 Å². The molecule has 0 unspecified atom stereocenters. The molecule has 3 aromatic carbocycles. The Kier molecular flexibility index (Phi) is 12.2. The Labute approximate surface area is 260 Å². The first-order chi connectivity index (χ1) is 21.3. The molecule has 2 atom stereocenters. The third kappa shape index (κ3) is 9.05. The summed E-state index contributed by atoms with van der Waals surface area (Å²) in [5.74, 6) is 1.13. The second kappa shape index (κ2) is 16.2. The number of hydrogen-bond acceptors (Lipinski definition) is 7. The van der Waals surface area contributed by atoms with Gasteiger partial charge < -0.3 is 34.5 Å². The van der Waals surface area contributed by atoms with Crippen molar-refractivity contribution in [1.29, 1.82) is 0 Å². The SMILES string of the molecule is COCCCOc1cc(C(=O)N(C[C@@H]2CNC[C@H]2OCc2cccc(-c3cccc(NC(C)=O)c3)c2)C(C)C)ccc1OC. The minimum absolute atomic E-state index is 0.00172. The van der Waals surface area contributed by atoms with Crippen LogP contribution in [0, 0.1) is 5.92 Å². The van der Waals surface area contributed by atoms with E-state index in [1.54, 1.807) is 32.4 Å². The molecule has 0 saturated carbocycles. The average Bonchev–Trinajstić information content (AvgIpc) is 3.47. The van der Waals surface area contributed by atoms with E-state index in [2.05, 4.69) is 28.8 Å². The molecule has 1 saturated heterocycles. The summed E-state index contributed by atoms with van der Waals surface area (Å²) in [6.45, 7) is 9.17. The van der Waals surface area contributed by atoms with Gasteiger partial charge in [0, 0.05) is 69.9 Å². The van der Waals surface area contributed by atoms with Gasteiger partial charge in [-0.15, -0.1) is 0 Å². The maximum Gasteiger partial charge on any atom is 0.254 e. The first-order valence-corrected chi connectivity index (χ1v) is 15.2. The summed E-state index contributed by atoms with van der Waals surface area (Å²) in [5, 5.41) is 6.30. The molecule has 0 aliphatic carbocycles. The predicted molar refractivity (Wildman–Crippen MR) is 172 cm³/mol. The number of nitrogens with zero attached hydrogens (tertiary/aromatic N) is 1. The topological polar surface area (TPSA) is 98.4 Å². The lowest BCUT2D eigenvalue weighted by Crippen LogP contribution is -2.43. The van der Waals surface area contributed by atoms with Gasteiger partial charge in [0.15, 0.2) is 11.5 Å². The van der Waals surface area contributed by atoms with Gasteiger partial charge in [-0.1, -0.05) is 30.3 Å². The van der Waals surface area contributed by atoms with E-state index < -0.39 is 0 Å². The van der Waals surface area contributed by atoms with Gasteiger partial charge in [-0.3, -0.25) is 9.59 Å². The molecule has 0 aromatic heterocycles. The van der Waals surface area contributed by atoms with Crippen LogP contribution < -0.4 is 20.1 Å². The van der Waals surface area contributed by atoms with Crippen molar-refractivity contribution in [3.8, 4) is 22.6 Å². The summed E-state index contributed by atoms with van der Waals surface area (Å²) in [5.41, 5.74) is 4.46. The largest absolute Gasteiger partial charge is 0.493 e. The second-order valence-corrected chi connectivity index (χ2v) is 11.3. The van der Waals surface area contributed by atoms with Gasteiger partial charge in [-0.25, -0.2) is 0 Å². The minimum Gasteiger partial charge on any atom is -0.493 e. The molecule has 0 radical (unpaired) electrons. The molecule has 1 heterocycles. The lowest BCUT2D eigenvalue weighted by Gasteiger charge is -2.31. The highest BCUT2D eigenvalue weighted by Gasteiger charge is 2.32. The summed E-state index contributed by atoms with van der Waals surface area (Å²) in [6, 6.07) is 21.4. The molecule has 4 rings (SSSR count). The normalized spacial score (nSPS) is 16.1. The van der Waals surface area contributed by atoms with Crippen molar-refractivity contribution in [2.24, 2.45) is 5.92 Å². The van der Waals surface area contributed by atoms with E-state index in [9.17, 15) is 9.59 Å². The molecule has 2 amide bonds. The van der Waals surface area contributed by atoms with Crippen molar-refractivity contribution in [2.75, 3.05) is 52.4 Å². The van der Waals surface area contributed by atoms with E-state index in [1.165, 1.54) is 6.92 Å². The maximum atomic E-state index is 13.8. The number of carbonyl (C=O) groups excluding carboxylic acids is 2. The fourth-order valence-corrected chi connectivity index (χ4v) is 5.36. The van der Waals surface area contributed by atoms with E-state index in [-0.39, 0.29) is 29.9 Å². The van der Waals surface area contributed by atoms with Crippen molar-refractivity contribution in [2.45, 2.75) is 45.9 Å². The molecular formula is C35H45N3O6. The van der Waals surface area contributed by atoms with Gasteiger partial charge in [-0.2, -0.15) is 0 Å². The van der Waals surface area contributed by atoms with Crippen LogP contribution in [0.5, 0.6) is 11.5 Å². The van der Waals surface area contributed by atoms with Crippen LogP contribution >= 0.6 is 0 Å². The number of carbonyl (C=O) groups is 2. The molecule has 9 nitrogen and oxygen atoms in total. The van der Waals surface area contributed by atoms with Crippen LogP contribution in [0.3, 0.4) is 0 Å². The number of hydrogen-bond donors (Lipinski definition) is 2. The molecule has 9 heteroatoms. The quantitative estimate of drug-likeness (QED) is 0.225. The van der Waals surface area contributed by atoms with E-state index in [4.69, 9.17) is 18.9 Å². The summed E-state index contributed by atoms with van der Waals surface area (Å²) in [6.07, 6.45) is 0.702. The fourth-order valence-electron chi connectivity index (χ4n) is 5.36. The van der Waals surface area contributed by atoms with Gasteiger partial charge in [0.05, 0.1) is 26.4 Å². The Morgan fingerprint density at radius 1 is 0.955 bits per heavy atom. The zero-order valence-corrected chi connectivity index (χ0v) is 26.4. The lowest BCUT2D eigenvalue weighted by atomic mass is 10.0. The Morgan fingerprint density at radius 3 is 2.45 bits per heavy atom. The Hall–Kier alpha value is -3.92. The predicted octanol–water partition coefficient (Wildman–Crippen LogP) is 5.39. The van der Waals surface area contributed by atoms with Gasteiger partial charge >= 0.3 is 0 Å². The number of amides is 2. The summed E-state index contributed by atoms with van der Waals surface area (Å²) < 4.78 is 22.9. The second-order valence-electron chi connectivity index (χ2n) is 11.3. The van der Waals surface area contributed by atoms with Crippen LogP contribution in [0.25, 0.3) is 11.1 Å². The van der Waals surface area contributed by atoms with E-state index >= 15 is 0 Å². The van der Waals surface area contributed by atoms with Crippen LogP contribution in [-0.2, 0) is 20.9 Å². The van der Waals surface area contributed by atoms with Crippen molar-refractivity contribution in [3.63, 3.8) is 0 Å². The fraction of sp³-hybridized carbons (Fsp3) is 0.429. The molecule has 0 spiro atoms. The van der Waals surface area contributed by atoms with Gasteiger partial charge in [0.25, 0.3) is 5.91 Å². The molecular weight excluding hydrogens is 558 g/mol.